The third-order valence-electron chi connectivity index (χ3n) is 6.77. The van der Waals surface area contributed by atoms with Crippen molar-refractivity contribution in [3.05, 3.63) is 65.9 Å². The number of piperazine rings is 1. The fourth-order valence-electron chi connectivity index (χ4n) is 4.69. The second kappa shape index (κ2) is 9.19. The van der Waals surface area contributed by atoms with Crippen LogP contribution in [-0.4, -0.2) is 46.1 Å². The van der Waals surface area contributed by atoms with Crippen molar-refractivity contribution in [3.63, 3.8) is 0 Å². The third-order valence-corrected chi connectivity index (χ3v) is 6.77. The van der Waals surface area contributed by atoms with E-state index in [0.717, 1.165) is 60.4 Å². The van der Waals surface area contributed by atoms with Crippen molar-refractivity contribution < 1.29 is 4.39 Å². The Hall–Kier alpha value is -3.65. The van der Waals surface area contributed by atoms with Gasteiger partial charge in [0.15, 0.2) is 5.82 Å². The standard InChI is InChI=1S/C27H28FN7/c1-2-17-3-6-21(28)22(13-17)32-24-14-19(7-8-31-24)26-33-23-16-30-15-20(18-4-5-18)25(23)27(34-26)35-11-9-29-10-12-35/h3,6-8,13-16,18,29H,2,4-5,9-12H2,1H3,(H,31,32). The normalized spacial score (nSPS) is 16.0. The van der Waals surface area contributed by atoms with Gasteiger partial charge in [0, 0.05) is 49.5 Å². The van der Waals surface area contributed by atoms with E-state index in [0.29, 0.717) is 23.2 Å². The van der Waals surface area contributed by atoms with Crippen molar-refractivity contribution in [1.29, 1.82) is 0 Å². The van der Waals surface area contributed by atoms with Crippen LogP contribution in [0.4, 0.5) is 21.7 Å². The Bertz CT molecular complexity index is 1380. The Morgan fingerprint density at radius 3 is 2.74 bits per heavy atom. The summed E-state index contributed by atoms with van der Waals surface area (Å²) < 4.78 is 14.4. The molecule has 178 valence electrons. The molecule has 0 bridgehead atoms. The van der Waals surface area contributed by atoms with Gasteiger partial charge in [0.05, 0.1) is 17.4 Å². The van der Waals surface area contributed by atoms with Gasteiger partial charge in [-0.25, -0.2) is 19.3 Å². The van der Waals surface area contributed by atoms with Crippen LogP contribution in [0, 0.1) is 5.82 Å². The molecule has 1 saturated carbocycles. The van der Waals surface area contributed by atoms with Gasteiger partial charge in [0.2, 0.25) is 0 Å². The van der Waals surface area contributed by atoms with E-state index in [1.807, 2.05) is 37.5 Å². The highest BCUT2D eigenvalue weighted by atomic mass is 19.1. The highest BCUT2D eigenvalue weighted by Gasteiger charge is 2.29. The maximum Gasteiger partial charge on any atom is 0.162 e. The highest BCUT2D eigenvalue weighted by Crippen LogP contribution is 2.44. The molecule has 8 heteroatoms. The van der Waals surface area contributed by atoms with Crippen molar-refractivity contribution in [1.82, 2.24) is 25.3 Å². The van der Waals surface area contributed by atoms with E-state index >= 15 is 0 Å². The van der Waals surface area contributed by atoms with E-state index in [1.54, 1.807) is 12.3 Å². The van der Waals surface area contributed by atoms with E-state index in [4.69, 9.17) is 9.97 Å². The molecule has 4 aromatic rings. The first-order valence-electron chi connectivity index (χ1n) is 12.3. The predicted molar refractivity (Wildman–Crippen MR) is 137 cm³/mol. The van der Waals surface area contributed by atoms with Gasteiger partial charge in [0.1, 0.15) is 17.5 Å². The van der Waals surface area contributed by atoms with Crippen molar-refractivity contribution >= 4 is 28.2 Å². The number of halogens is 1. The molecule has 1 aliphatic heterocycles. The summed E-state index contributed by atoms with van der Waals surface area (Å²) in [6, 6.07) is 8.88. The molecule has 2 N–H and O–H groups in total. The van der Waals surface area contributed by atoms with Crippen molar-refractivity contribution in [3.8, 4) is 11.4 Å². The molecule has 0 unspecified atom stereocenters. The van der Waals surface area contributed by atoms with Gasteiger partial charge in [-0.15, -0.1) is 0 Å². The minimum Gasteiger partial charge on any atom is -0.353 e. The number of fused-ring (bicyclic) bond motifs is 1. The fraction of sp³-hybridized carbons (Fsp3) is 0.333. The zero-order valence-corrected chi connectivity index (χ0v) is 19.8. The van der Waals surface area contributed by atoms with Crippen LogP contribution in [0.2, 0.25) is 0 Å². The number of rotatable bonds is 6. The summed E-state index contributed by atoms with van der Waals surface area (Å²) in [4.78, 5) is 21.3. The number of pyridine rings is 2. The van der Waals surface area contributed by atoms with E-state index in [-0.39, 0.29) is 5.82 Å². The zero-order chi connectivity index (χ0) is 23.8. The lowest BCUT2D eigenvalue weighted by Crippen LogP contribution is -2.44. The lowest BCUT2D eigenvalue weighted by Gasteiger charge is -2.30. The van der Waals surface area contributed by atoms with Crippen LogP contribution in [0.3, 0.4) is 0 Å². The number of nitrogens with one attached hydrogen (secondary N) is 2. The van der Waals surface area contributed by atoms with Gasteiger partial charge in [-0.05, 0) is 60.6 Å². The molecule has 7 nitrogen and oxygen atoms in total. The Balaban J connectivity index is 1.42. The Labute approximate surface area is 203 Å². The molecule has 1 aromatic carbocycles. The van der Waals surface area contributed by atoms with Crippen LogP contribution in [0.5, 0.6) is 0 Å². The van der Waals surface area contributed by atoms with Crippen LogP contribution in [0.25, 0.3) is 22.3 Å². The molecule has 0 spiro atoms. The molecule has 2 fully saturated rings. The quantitative estimate of drug-likeness (QED) is 0.419. The first-order chi connectivity index (χ1) is 17.2. The molecule has 4 heterocycles. The fourth-order valence-corrected chi connectivity index (χ4v) is 4.69. The van der Waals surface area contributed by atoms with E-state index in [1.165, 1.54) is 24.5 Å². The molecule has 0 radical (unpaired) electrons. The van der Waals surface area contributed by atoms with Crippen LogP contribution < -0.4 is 15.5 Å². The van der Waals surface area contributed by atoms with Crippen molar-refractivity contribution in [2.45, 2.75) is 32.1 Å². The summed E-state index contributed by atoms with van der Waals surface area (Å²) in [5.74, 6) is 2.38. The van der Waals surface area contributed by atoms with Gasteiger partial charge >= 0.3 is 0 Å². The monoisotopic (exact) mass is 469 g/mol. The van der Waals surface area contributed by atoms with Gasteiger partial charge in [0.25, 0.3) is 0 Å². The van der Waals surface area contributed by atoms with Crippen LogP contribution >= 0.6 is 0 Å². The first-order valence-corrected chi connectivity index (χ1v) is 12.3. The van der Waals surface area contributed by atoms with Crippen LogP contribution in [0.1, 0.15) is 36.8 Å². The van der Waals surface area contributed by atoms with E-state index in [2.05, 4.69) is 25.5 Å². The second-order valence-electron chi connectivity index (χ2n) is 9.23. The largest absolute Gasteiger partial charge is 0.353 e. The zero-order valence-electron chi connectivity index (χ0n) is 19.8. The SMILES string of the molecule is CCc1ccc(F)c(Nc2cc(-c3nc(N4CCNCC4)c4c(C5CC5)cncc4n3)ccn2)c1. The van der Waals surface area contributed by atoms with Crippen LogP contribution in [-0.2, 0) is 6.42 Å². The van der Waals surface area contributed by atoms with Gasteiger partial charge in [-0.1, -0.05) is 13.0 Å². The molecular formula is C27H28FN7. The smallest absolute Gasteiger partial charge is 0.162 e. The summed E-state index contributed by atoms with van der Waals surface area (Å²) >= 11 is 0. The average Bonchev–Trinajstić information content (AvgIpc) is 3.75. The predicted octanol–water partition coefficient (Wildman–Crippen LogP) is 4.82. The Kier molecular flexibility index (Phi) is 5.74. The Morgan fingerprint density at radius 1 is 1.09 bits per heavy atom. The maximum atomic E-state index is 14.4. The van der Waals surface area contributed by atoms with Gasteiger partial charge in [-0.3, -0.25) is 4.98 Å². The minimum atomic E-state index is -0.309. The van der Waals surface area contributed by atoms with Crippen molar-refractivity contribution in [2.24, 2.45) is 0 Å². The average molecular weight is 470 g/mol. The molecular weight excluding hydrogens is 441 g/mol. The second-order valence-corrected chi connectivity index (χ2v) is 9.23. The lowest BCUT2D eigenvalue weighted by atomic mass is 10.1. The molecule has 1 saturated heterocycles. The molecule has 35 heavy (non-hydrogen) atoms. The van der Waals surface area contributed by atoms with Crippen molar-refractivity contribution in [2.75, 3.05) is 36.4 Å². The van der Waals surface area contributed by atoms with Gasteiger partial charge in [-0.2, -0.15) is 0 Å². The topological polar surface area (TPSA) is 78.9 Å². The molecule has 6 rings (SSSR count). The maximum absolute atomic E-state index is 14.4. The number of hydrogen-bond donors (Lipinski definition) is 2. The number of benzene rings is 1. The summed E-state index contributed by atoms with van der Waals surface area (Å²) in [7, 11) is 0. The van der Waals surface area contributed by atoms with E-state index < -0.39 is 0 Å². The summed E-state index contributed by atoms with van der Waals surface area (Å²) in [6.45, 7) is 5.70. The Morgan fingerprint density at radius 2 is 1.94 bits per heavy atom. The van der Waals surface area contributed by atoms with Crippen LogP contribution in [0.15, 0.2) is 48.9 Å². The lowest BCUT2D eigenvalue weighted by molar-refractivity contribution is 0.586. The molecule has 0 atom stereocenters. The highest BCUT2D eigenvalue weighted by molar-refractivity contribution is 5.94. The molecule has 3 aromatic heterocycles. The summed E-state index contributed by atoms with van der Waals surface area (Å²) in [5, 5.41) is 7.68. The number of aromatic nitrogens is 4. The van der Waals surface area contributed by atoms with Gasteiger partial charge < -0.3 is 15.5 Å². The van der Waals surface area contributed by atoms with E-state index in [9.17, 15) is 4.39 Å². The molecule has 0 amide bonds. The molecule has 1 aliphatic carbocycles. The number of aryl methyl sites for hydroxylation is 1. The summed E-state index contributed by atoms with van der Waals surface area (Å²) in [6.07, 6.45) is 8.75. The minimum absolute atomic E-state index is 0.309. The summed E-state index contributed by atoms with van der Waals surface area (Å²) in [5.41, 5.74) is 4.41. The number of hydrogen-bond acceptors (Lipinski definition) is 7. The molecule has 2 aliphatic rings. The number of anilines is 3. The first kappa shape index (κ1) is 21.9. The number of nitrogens with zero attached hydrogens (tertiary/aromatic N) is 5. The third kappa shape index (κ3) is 4.41.